The molecular weight excluding hydrogens is 252 g/mol. The van der Waals surface area contributed by atoms with E-state index in [0.717, 1.165) is 6.42 Å². The van der Waals surface area contributed by atoms with Crippen LogP contribution in [0.5, 0.6) is 0 Å². The number of ketones is 1. The van der Waals surface area contributed by atoms with E-state index in [9.17, 15) is 9.59 Å². The van der Waals surface area contributed by atoms with Gasteiger partial charge in [0, 0.05) is 13.5 Å². The van der Waals surface area contributed by atoms with Gasteiger partial charge in [0.25, 0.3) is 0 Å². The average Bonchev–Trinajstić information content (AvgIpc) is 2.70. The standard InChI is InChI=1S/C13H22O6/c1-9(2)4-5-16-7-11(15)6-12-17-8-13(19-12)18-10(3)14/h9,12-13H,4-8H2,1-3H3. The highest BCUT2D eigenvalue weighted by atomic mass is 16.8. The molecule has 2 atom stereocenters. The maximum Gasteiger partial charge on any atom is 0.305 e. The lowest BCUT2D eigenvalue weighted by Crippen LogP contribution is -2.21. The number of Topliss-reactive ketones (excluding diaryl/α,β-unsaturated/α-hetero) is 1. The van der Waals surface area contributed by atoms with E-state index in [1.807, 2.05) is 0 Å². The zero-order valence-electron chi connectivity index (χ0n) is 11.7. The van der Waals surface area contributed by atoms with E-state index in [0.29, 0.717) is 12.5 Å². The molecule has 0 radical (unpaired) electrons. The van der Waals surface area contributed by atoms with E-state index in [1.54, 1.807) is 0 Å². The van der Waals surface area contributed by atoms with E-state index < -0.39 is 18.5 Å². The monoisotopic (exact) mass is 274 g/mol. The molecule has 0 amide bonds. The molecule has 1 fully saturated rings. The van der Waals surface area contributed by atoms with Crippen molar-refractivity contribution in [3.63, 3.8) is 0 Å². The maximum atomic E-state index is 11.6. The van der Waals surface area contributed by atoms with Crippen molar-refractivity contribution in [2.24, 2.45) is 5.92 Å². The largest absolute Gasteiger partial charge is 0.433 e. The van der Waals surface area contributed by atoms with Crippen molar-refractivity contribution in [1.82, 2.24) is 0 Å². The quantitative estimate of drug-likeness (QED) is 0.490. The van der Waals surface area contributed by atoms with E-state index >= 15 is 0 Å². The predicted molar refractivity (Wildman–Crippen MR) is 66.3 cm³/mol. The molecule has 0 aliphatic carbocycles. The van der Waals surface area contributed by atoms with Gasteiger partial charge in [-0.2, -0.15) is 0 Å². The van der Waals surface area contributed by atoms with Gasteiger partial charge >= 0.3 is 5.97 Å². The zero-order valence-corrected chi connectivity index (χ0v) is 11.7. The molecule has 1 heterocycles. The van der Waals surface area contributed by atoms with Gasteiger partial charge in [-0.15, -0.1) is 0 Å². The number of carbonyl (C=O) groups excluding carboxylic acids is 2. The van der Waals surface area contributed by atoms with Crippen molar-refractivity contribution in [2.45, 2.75) is 46.2 Å². The fraction of sp³-hybridized carbons (Fsp3) is 0.846. The highest BCUT2D eigenvalue weighted by Crippen LogP contribution is 2.16. The molecule has 2 unspecified atom stereocenters. The van der Waals surface area contributed by atoms with Crippen LogP contribution in [0.25, 0.3) is 0 Å². The highest BCUT2D eigenvalue weighted by molar-refractivity contribution is 5.80. The fourth-order valence-corrected chi connectivity index (χ4v) is 1.54. The van der Waals surface area contributed by atoms with Gasteiger partial charge in [-0.3, -0.25) is 9.59 Å². The van der Waals surface area contributed by atoms with Gasteiger partial charge in [0.1, 0.15) is 13.2 Å². The molecule has 1 saturated heterocycles. The van der Waals surface area contributed by atoms with Gasteiger partial charge in [0.05, 0.1) is 6.42 Å². The van der Waals surface area contributed by atoms with Crippen molar-refractivity contribution in [3.05, 3.63) is 0 Å². The van der Waals surface area contributed by atoms with Crippen molar-refractivity contribution in [1.29, 1.82) is 0 Å². The summed E-state index contributed by atoms with van der Waals surface area (Å²) < 4.78 is 20.5. The maximum absolute atomic E-state index is 11.6. The van der Waals surface area contributed by atoms with Crippen molar-refractivity contribution >= 4 is 11.8 Å². The molecule has 0 bridgehead atoms. The smallest absolute Gasteiger partial charge is 0.305 e. The first kappa shape index (κ1) is 16.1. The van der Waals surface area contributed by atoms with Crippen LogP contribution in [0.4, 0.5) is 0 Å². The molecule has 6 nitrogen and oxygen atoms in total. The van der Waals surface area contributed by atoms with Crippen LogP contribution in [0, 0.1) is 5.92 Å². The summed E-state index contributed by atoms with van der Waals surface area (Å²) in [5.74, 6) is 0.0379. The first-order valence-electron chi connectivity index (χ1n) is 6.51. The molecule has 6 heteroatoms. The molecule has 1 aliphatic rings. The summed E-state index contributed by atoms with van der Waals surface area (Å²) in [5, 5.41) is 0. The number of carbonyl (C=O) groups is 2. The SMILES string of the molecule is CC(=O)OC1COC(CC(=O)COCCC(C)C)O1. The van der Waals surface area contributed by atoms with Crippen LogP contribution >= 0.6 is 0 Å². The second-order valence-electron chi connectivity index (χ2n) is 4.92. The Morgan fingerprint density at radius 1 is 1.37 bits per heavy atom. The first-order valence-corrected chi connectivity index (χ1v) is 6.51. The van der Waals surface area contributed by atoms with Crippen LogP contribution in [0.2, 0.25) is 0 Å². The van der Waals surface area contributed by atoms with Gasteiger partial charge in [-0.05, 0) is 12.3 Å². The Labute approximate surface area is 113 Å². The first-order chi connectivity index (χ1) is 8.97. The summed E-state index contributed by atoms with van der Waals surface area (Å²) in [4.78, 5) is 22.3. The van der Waals surface area contributed by atoms with Crippen LogP contribution in [-0.4, -0.2) is 44.2 Å². The van der Waals surface area contributed by atoms with Gasteiger partial charge in [0.2, 0.25) is 6.29 Å². The molecule has 0 N–H and O–H groups in total. The molecule has 0 aromatic rings. The fourth-order valence-electron chi connectivity index (χ4n) is 1.54. The minimum absolute atomic E-state index is 0.0637. The van der Waals surface area contributed by atoms with Gasteiger partial charge in [0.15, 0.2) is 12.1 Å². The molecule has 0 aromatic carbocycles. The Bertz CT molecular complexity index is 302. The van der Waals surface area contributed by atoms with Crippen molar-refractivity contribution in [3.8, 4) is 0 Å². The third-order valence-electron chi connectivity index (χ3n) is 2.52. The van der Waals surface area contributed by atoms with Crippen LogP contribution in [0.1, 0.15) is 33.6 Å². The molecule has 19 heavy (non-hydrogen) atoms. The lowest BCUT2D eigenvalue weighted by atomic mass is 10.1. The second kappa shape index (κ2) is 8.24. The van der Waals surface area contributed by atoms with E-state index in [-0.39, 0.29) is 25.4 Å². The Kier molecular flexibility index (Phi) is 6.97. The number of hydrogen-bond donors (Lipinski definition) is 0. The summed E-state index contributed by atoms with van der Waals surface area (Å²) in [6.45, 7) is 6.29. The Balaban J connectivity index is 2.11. The molecule has 1 rings (SSSR count). The summed E-state index contributed by atoms with van der Waals surface area (Å²) in [5.41, 5.74) is 0. The third-order valence-corrected chi connectivity index (χ3v) is 2.52. The lowest BCUT2D eigenvalue weighted by molar-refractivity contribution is -0.175. The van der Waals surface area contributed by atoms with Crippen LogP contribution < -0.4 is 0 Å². The average molecular weight is 274 g/mol. The van der Waals surface area contributed by atoms with Gasteiger partial charge in [-0.25, -0.2) is 0 Å². The Morgan fingerprint density at radius 2 is 2.11 bits per heavy atom. The highest BCUT2D eigenvalue weighted by Gasteiger charge is 2.29. The van der Waals surface area contributed by atoms with Gasteiger partial charge in [-0.1, -0.05) is 13.8 Å². The summed E-state index contributed by atoms with van der Waals surface area (Å²) in [6.07, 6.45) is -0.319. The molecule has 1 aliphatic heterocycles. The number of esters is 1. The number of hydrogen-bond acceptors (Lipinski definition) is 6. The minimum atomic E-state index is -0.711. The van der Waals surface area contributed by atoms with Crippen LogP contribution in [-0.2, 0) is 28.5 Å². The number of ether oxygens (including phenoxy) is 4. The summed E-state index contributed by atoms with van der Waals surface area (Å²) >= 11 is 0. The van der Waals surface area contributed by atoms with E-state index in [4.69, 9.17) is 18.9 Å². The lowest BCUT2D eigenvalue weighted by Gasteiger charge is -2.11. The third kappa shape index (κ3) is 7.25. The molecular formula is C13H22O6. The summed E-state index contributed by atoms with van der Waals surface area (Å²) in [6, 6.07) is 0. The van der Waals surface area contributed by atoms with Gasteiger partial charge < -0.3 is 18.9 Å². The van der Waals surface area contributed by atoms with Crippen molar-refractivity contribution in [2.75, 3.05) is 19.8 Å². The zero-order chi connectivity index (χ0) is 14.3. The molecule has 0 aromatic heterocycles. The van der Waals surface area contributed by atoms with Crippen LogP contribution in [0.15, 0.2) is 0 Å². The van der Waals surface area contributed by atoms with Crippen LogP contribution in [0.3, 0.4) is 0 Å². The summed E-state index contributed by atoms with van der Waals surface area (Å²) in [7, 11) is 0. The molecule has 0 spiro atoms. The predicted octanol–water partition coefficient (Wildman–Crippen LogP) is 1.27. The topological polar surface area (TPSA) is 71.1 Å². The Hall–Kier alpha value is -0.980. The molecule has 110 valence electrons. The molecule has 0 saturated carbocycles. The minimum Gasteiger partial charge on any atom is -0.433 e. The normalized spacial score (nSPS) is 22.7. The number of rotatable bonds is 8. The van der Waals surface area contributed by atoms with E-state index in [2.05, 4.69) is 13.8 Å². The van der Waals surface area contributed by atoms with E-state index in [1.165, 1.54) is 6.92 Å². The Morgan fingerprint density at radius 3 is 2.74 bits per heavy atom. The second-order valence-corrected chi connectivity index (χ2v) is 4.92. The van der Waals surface area contributed by atoms with Crippen molar-refractivity contribution < 1.29 is 28.5 Å².